The van der Waals surface area contributed by atoms with Gasteiger partial charge in [-0.05, 0) is 50.0 Å². The van der Waals surface area contributed by atoms with Crippen molar-refractivity contribution in [3.05, 3.63) is 78.9 Å². The molecule has 1 fully saturated rings. The number of hydrogen-bond donors (Lipinski definition) is 1. The van der Waals surface area contributed by atoms with Gasteiger partial charge in [-0.3, -0.25) is 0 Å². The van der Waals surface area contributed by atoms with Crippen LogP contribution in [0.1, 0.15) is 27.7 Å². The lowest BCUT2D eigenvalue weighted by atomic mass is 9.78. The predicted octanol–water partition coefficient (Wildman–Crippen LogP) is 6.21. The molecule has 34 heavy (non-hydrogen) atoms. The summed E-state index contributed by atoms with van der Waals surface area (Å²) in [5.41, 5.74) is 2.63. The topological polar surface area (TPSA) is 51.6 Å². The SMILES string of the molecule is CC1(C)OB(c2ccc(-c3nc4c(O)cccc4c4c3ccc3ccccc34)cc2)OC1(C)C. The lowest BCUT2D eigenvalue weighted by molar-refractivity contribution is 0.00578. The molecular formula is C29H26BNO3. The minimum atomic E-state index is -0.409. The number of pyridine rings is 1. The molecule has 5 aromatic rings. The van der Waals surface area contributed by atoms with Crippen LogP contribution in [-0.2, 0) is 9.31 Å². The first-order chi connectivity index (χ1) is 16.2. The Morgan fingerprint density at radius 2 is 1.38 bits per heavy atom. The zero-order chi connectivity index (χ0) is 23.7. The number of hydrogen-bond acceptors (Lipinski definition) is 4. The van der Waals surface area contributed by atoms with Gasteiger partial charge in [0.1, 0.15) is 11.3 Å². The Morgan fingerprint density at radius 3 is 2.12 bits per heavy atom. The fourth-order valence-electron chi connectivity index (χ4n) is 4.78. The Labute approximate surface area is 199 Å². The van der Waals surface area contributed by atoms with Crippen LogP contribution in [0.4, 0.5) is 0 Å². The molecule has 1 aliphatic heterocycles. The van der Waals surface area contributed by atoms with E-state index < -0.39 is 7.12 Å². The normalized spacial score (nSPS) is 17.1. The number of nitrogens with zero attached hydrogens (tertiary/aromatic N) is 1. The highest BCUT2D eigenvalue weighted by Crippen LogP contribution is 2.39. The Kier molecular flexibility index (Phi) is 4.54. The highest BCUT2D eigenvalue weighted by Gasteiger charge is 2.51. The van der Waals surface area contributed by atoms with E-state index in [0.717, 1.165) is 43.7 Å². The largest absolute Gasteiger partial charge is 0.506 e. The van der Waals surface area contributed by atoms with Gasteiger partial charge >= 0.3 is 7.12 Å². The van der Waals surface area contributed by atoms with Crippen LogP contribution in [0.5, 0.6) is 5.75 Å². The number of phenols is 1. The average molecular weight is 447 g/mol. The Morgan fingerprint density at radius 1 is 0.706 bits per heavy atom. The van der Waals surface area contributed by atoms with E-state index in [1.807, 2.05) is 30.3 Å². The van der Waals surface area contributed by atoms with Crippen molar-refractivity contribution < 1.29 is 14.4 Å². The van der Waals surface area contributed by atoms with Crippen molar-refractivity contribution in [2.45, 2.75) is 38.9 Å². The molecule has 1 saturated heterocycles. The molecule has 0 unspecified atom stereocenters. The maximum absolute atomic E-state index is 10.7. The first kappa shape index (κ1) is 21.1. The number of fused-ring (bicyclic) bond motifs is 5. The van der Waals surface area contributed by atoms with Gasteiger partial charge in [-0.1, -0.05) is 72.8 Å². The summed E-state index contributed by atoms with van der Waals surface area (Å²) in [6.45, 7) is 8.24. The van der Waals surface area contributed by atoms with E-state index in [2.05, 4.69) is 70.2 Å². The highest BCUT2D eigenvalue weighted by atomic mass is 16.7. The summed E-state index contributed by atoms with van der Waals surface area (Å²) < 4.78 is 12.4. The first-order valence-corrected chi connectivity index (χ1v) is 11.6. The number of benzene rings is 4. The lowest BCUT2D eigenvalue weighted by Gasteiger charge is -2.32. The van der Waals surface area contributed by atoms with Gasteiger partial charge in [-0.15, -0.1) is 0 Å². The molecule has 4 nitrogen and oxygen atoms in total. The second kappa shape index (κ2) is 7.30. The van der Waals surface area contributed by atoms with Crippen molar-refractivity contribution in [3.63, 3.8) is 0 Å². The van der Waals surface area contributed by atoms with E-state index in [1.165, 1.54) is 0 Å². The van der Waals surface area contributed by atoms with E-state index in [-0.39, 0.29) is 17.0 Å². The summed E-state index contributed by atoms with van der Waals surface area (Å²) in [7, 11) is -0.409. The van der Waals surface area contributed by atoms with Crippen molar-refractivity contribution in [2.75, 3.05) is 0 Å². The minimum Gasteiger partial charge on any atom is -0.506 e. The van der Waals surface area contributed by atoms with Gasteiger partial charge in [0.15, 0.2) is 0 Å². The number of phenolic OH excluding ortho intramolecular Hbond substituents is 1. The van der Waals surface area contributed by atoms with Gasteiger partial charge in [0.2, 0.25) is 0 Å². The maximum Gasteiger partial charge on any atom is 0.494 e. The zero-order valence-corrected chi connectivity index (χ0v) is 19.8. The molecular weight excluding hydrogens is 421 g/mol. The molecule has 1 N–H and O–H groups in total. The molecule has 6 rings (SSSR count). The van der Waals surface area contributed by atoms with Crippen LogP contribution in [0.25, 0.3) is 43.7 Å². The molecule has 1 aromatic heterocycles. The molecule has 0 spiro atoms. The molecule has 0 saturated carbocycles. The second-order valence-corrected chi connectivity index (χ2v) is 10.1. The van der Waals surface area contributed by atoms with Crippen LogP contribution in [-0.4, -0.2) is 28.4 Å². The summed E-state index contributed by atoms with van der Waals surface area (Å²) in [5.74, 6) is 0.183. The molecule has 0 aliphatic carbocycles. The van der Waals surface area contributed by atoms with Crippen LogP contribution in [0.2, 0.25) is 0 Å². The first-order valence-electron chi connectivity index (χ1n) is 11.6. The van der Waals surface area contributed by atoms with Crippen LogP contribution >= 0.6 is 0 Å². The summed E-state index contributed by atoms with van der Waals surface area (Å²) >= 11 is 0. The van der Waals surface area contributed by atoms with Gasteiger partial charge in [0.25, 0.3) is 0 Å². The fourth-order valence-corrected chi connectivity index (χ4v) is 4.78. The van der Waals surface area contributed by atoms with E-state index in [4.69, 9.17) is 14.3 Å². The summed E-state index contributed by atoms with van der Waals surface area (Å²) in [4.78, 5) is 4.94. The van der Waals surface area contributed by atoms with Crippen molar-refractivity contribution in [1.82, 2.24) is 4.98 Å². The van der Waals surface area contributed by atoms with Crippen LogP contribution in [0.15, 0.2) is 78.9 Å². The van der Waals surface area contributed by atoms with Gasteiger partial charge < -0.3 is 14.4 Å². The Hall–Kier alpha value is -3.41. The molecule has 0 radical (unpaired) electrons. The van der Waals surface area contributed by atoms with Crippen molar-refractivity contribution in [3.8, 4) is 17.0 Å². The molecule has 2 heterocycles. The van der Waals surface area contributed by atoms with Crippen LogP contribution in [0, 0.1) is 0 Å². The van der Waals surface area contributed by atoms with E-state index in [9.17, 15) is 5.11 Å². The van der Waals surface area contributed by atoms with E-state index in [1.54, 1.807) is 6.07 Å². The Bertz CT molecular complexity index is 1560. The van der Waals surface area contributed by atoms with Crippen molar-refractivity contribution in [1.29, 1.82) is 0 Å². The molecule has 168 valence electrons. The zero-order valence-electron chi connectivity index (χ0n) is 19.8. The molecule has 0 atom stereocenters. The maximum atomic E-state index is 10.7. The standard InChI is InChI=1S/C29H26BNO3/c1-28(2)29(3,4)34-30(33-28)20-15-12-19(13-16-20)26-23-17-14-18-8-5-6-9-21(18)25(23)22-10-7-11-24(32)27(22)31-26/h5-17,32H,1-4H3. The molecule has 0 amide bonds. The third-order valence-electron chi connectivity index (χ3n) is 7.40. The quantitative estimate of drug-likeness (QED) is 0.258. The second-order valence-electron chi connectivity index (χ2n) is 10.1. The fraction of sp³-hybridized carbons (Fsp3) is 0.207. The summed E-state index contributed by atoms with van der Waals surface area (Å²) in [5, 5.41) is 16.1. The lowest BCUT2D eigenvalue weighted by Crippen LogP contribution is -2.41. The van der Waals surface area contributed by atoms with Crippen LogP contribution in [0.3, 0.4) is 0 Å². The highest BCUT2D eigenvalue weighted by molar-refractivity contribution is 6.62. The van der Waals surface area contributed by atoms with Gasteiger partial charge in [-0.2, -0.15) is 0 Å². The van der Waals surface area contributed by atoms with Gasteiger partial charge in [0.05, 0.1) is 16.9 Å². The minimum absolute atomic E-state index is 0.183. The van der Waals surface area contributed by atoms with Gasteiger partial charge in [-0.25, -0.2) is 4.98 Å². The summed E-state index contributed by atoms with van der Waals surface area (Å²) in [6.07, 6.45) is 0. The molecule has 0 bridgehead atoms. The Balaban J connectivity index is 1.54. The monoisotopic (exact) mass is 447 g/mol. The predicted molar refractivity (Wildman–Crippen MR) is 140 cm³/mol. The number of aromatic nitrogens is 1. The summed E-state index contributed by atoms with van der Waals surface area (Å²) in [6, 6.07) is 26.4. The number of rotatable bonds is 2. The van der Waals surface area contributed by atoms with E-state index >= 15 is 0 Å². The number of aromatic hydroxyl groups is 1. The average Bonchev–Trinajstić information content (AvgIpc) is 3.05. The van der Waals surface area contributed by atoms with E-state index in [0.29, 0.717) is 5.52 Å². The smallest absolute Gasteiger partial charge is 0.494 e. The van der Waals surface area contributed by atoms with Crippen molar-refractivity contribution >= 4 is 45.0 Å². The van der Waals surface area contributed by atoms with Gasteiger partial charge in [0, 0.05) is 21.7 Å². The number of para-hydroxylation sites is 1. The van der Waals surface area contributed by atoms with Crippen molar-refractivity contribution in [2.24, 2.45) is 0 Å². The third-order valence-corrected chi connectivity index (χ3v) is 7.40. The van der Waals surface area contributed by atoms with Crippen LogP contribution < -0.4 is 5.46 Å². The third kappa shape index (κ3) is 3.12. The molecule has 5 heteroatoms. The molecule has 1 aliphatic rings. The molecule has 4 aromatic carbocycles.